The minimum atomic E-state index is -0.347. The fourth-order valence-corrected chi connectivity index (χ4v) is 3.06. The number of hydrogen-bond acceptors (Lipinski definition) is 5. The molecule has 2 unspecified atom stereocenters. The van der Waals surface area contributed by atoms with Crippen LogP contribution in [-0.4, -0.2) is 35.7 Å². The molecule has 2 atom stereocenters. The Kier molecular flexibility index (Phi) is 6.37. The summed E-state index contributed by atoms with van der Waals surface area (Å²) in [5, 5.41) is 7.12. The molecule has 1 aromatic heterocycles. The molecule has 0 aliphatic carbocycles. The molecule has 1 fully saturated rings. The largest absolute Gasteiger partial charge is 0.338 e. The molecule has 0 bridgehead atoms. The Balaban J connectivity index is 0.00000208. The first-order chi connectivity index (χ1) is 11.1. The number of carbonyl (C=O) groups is 1. The van der Waals surface area contributed by atoms with Gasteiger partial charge in [-0.2, -0.15) is 4.98 Å². The third-order valence-corrected chi connectivity index (χ3v) is 4.58. The summed E-state index contributed by atoms with van der Waals surface area (Å²) in [5.41, 5.74) is 0.885. The van der Waals surface area contributed by atoms with E-state index in [0.29, 0.717) is 31.1 Å². The number of aromatic nitrogens is 2. The van der Waals surface area contributed by atoms with Crippen LogP contribution in [0, 0.1) is 0 Å². The molecule has 0 spiro atoms. The molecule has 130 valence electrons. The van der Waals surface area contributed by atoms with Crippen LogP contribution in [0.5, 0.6) is 0 Å². The summed E-state index contributed by atoms with van der Waals surface area (Å²) in [6.07, 6.45) is 1.37. The highest BCUT2D eigenvalue weighted by Gasteiger charge is 2.37. The number of halogens is 2. The van der Waals surface area contributed by atoms with Crippen molar-refractivity contribution in [2.75, 3.05) is 18.5 Å². The highest BCUT2D eigenvalue weighted by atomic mass is 79.9. The zero-order valence-electron chi connectivity index (χ0n) is 13.5. The van der Waals surface area contributed by atoms with Crippen LogP contribution in [0.2, 0.25) is 0 Å². The van der Waals surface area contributed by atoms with Crippen molar-refractivity contribution in [1.29, 1.82) is 0 Å². The molecule has 0 radical (unpaired) electrons. The van der Waals surface area contributed by atoms with Crippen molar-refractivity contribution in [3.63, 3.8) is 0 Å². The second kappa shape index (κ2) is 8.09. The summed E-state index contributed by atoms with van der Waals surface area (Å²) >= 11 is 3.44. The van der Waals surface area contributed by atoms with Gasteiger partial charge in [-0.1, -0.05) is 27.2 Å². The maximum absolute atomic E-state index is 12.7. The Hall–Kier alpha value is -1.44. The third kappa shape index (κ3) is 3.96. The Morgan fingerprint density at radius 3 is 3.00 bits per heavy atom. The van der Waals surface area contributed by atoms with Gasteiger partial charge in [-0.25, -0.2) is 0 Å². The van der Waals surface area contributed by atoms with Crippen LogP contribution in [0.4, 0.5) is 5.69 Å². The van der Waals surface area contributed by atoms with Gasteiger partial charge in [-0.05, 0) is 38.6 Å². The predicted octanol–water partition coefficient (Wildman–Crippen LogP) is 2.92. The quantitative estimate of drug-likeness (QED) is 0.813. The average molecular weight is 416 g/mol. The molecule has 24 heavy (non-hydrogen) atoms. The van der Waals surface area contributed by atoms with Crippen LogP contribution in [0.3, 0.4) is 0 Å². The SMILES string of the molecule is CNC(C)Cc1noc(C2CCN(c3cccc(Br)c3)C2=O)n1.Cl. The van der Waals surface area contributed by atoms with E-state index in [0.717, 1.165) is 10.2 Å². The summed E-state index contributed by atoms with van der Waals surface area (Å²) in [5.74, 6) is 0.724. The number of carbonyl (C=O) groups excluding carboxylic acids is 1. The molecule has 2 aromatic rings. The van der Waals surface area contributed by atoms with Gasteiger partial charge >= 0.3 is 0 Å². The number of likely N-dealkylation sites (N-methyl/N-ethyl adjacent to an activating group) is 1. The van der Waals surface area contributed by atoms with Crippen molar-refractivity contribution >= 4 is 39.9 Å². The van der Waals surface area contributed by atoms with Crippen molar-refractivity contribution in [1.82, 2.24) is 15.5 Å². The van der Waals surface area contributed by atoms with E-state index in [4.69, 9.17) is 4.52 Å². The molecule has 1 N–H and O–H groups in total. The first-order valence-electron chi connectivity index (χ1n) is 7.65. The third-order valence-electron chi connectivity index (χ3n) is 4.09. The van der Waals surface area contributed by atoms with Crippen molar-refractivity contribution in [2.24, 2.45) is 0 Å². The maximum Gasteiger partial charge on any atom is 0.239 e. The van der Waals surface area contributed by atoms with E-state index < -0.39 is 0 Å². The molecule has 3 rings (SSSR count). The van der Waals surface area contributed by atoms with Crippen LogP contribution in [0.25, 0.3) is 0 Å². The van der Waals surface area contributed by atoms with Crippen molar-refractivity contribution in [3.05, 3.63) is 40.5 Å². The van der Waals surface area contributed by atoms with Gasteiger partial charge in [0.25, 0.3) is 0 Å². The lowest BCUT2D eigenvalue weighted by Crippen LogP contribution is -2.26. The number of rotatable bonds is 5. The minimum absolute atomic E-state index is 0. The van der Waals surface area contributed by atoms with Gasteiger partial charge in [0.15, 0.2) is 5.82 Å². The van der Waals surface area contributed by atoms with Gasteiger partial charge < -0.3 is 14.7 Å². The number of nitrogens with one attached hydrogen (secondary N) is 1. The van der Waals surface area contributed by atoms with Crippen molar-refractivity contribution in [3.8, 4) is 0 Å². The first-order valence-corrected chi connectivity index (χ1v) is 8.44. The van der Waals surface area contributed by atoms with E-state index >= 15 is 0 Å². The lowest BCUT2D eigenvalue weighted by atomic mass is 10.1. The van der Waals surface area contributed by atoms with E-state index in [9.17, 15) is 4.79 Å². The molecular weight excluding hydrogens is 396 g/mol. The van der Waals surface area contributed by atoms with Gasteiger partial charge in [-0.15, -0.1) is 12.4 Å². The van der Waals surface area contributed by atoms with E-state index in [1.165, 1.54) is 0 Å². The number of hydrogen-bond donors (Lipinski definition) is 1. The molecule has 1 aromatic carbocycles. The fourth-order valence-electron chi connectivity index (χ4n) is 2.68. The summed E-state index contributed by atoms with van der Waals surface area (Å²) in [6, 6.07) is 7.99. The van der Waals surface area contributed by atoms with E-state index in [1.807, 2.05) is 38.2 Å². The Morgan fingerprint density at radius 2 is 2.29 bits per heavy atom. The van der Waals surface area contributed by atoms with Gasteiger partial charge in [0.2, 0.25) is 11.8 Å². The normalized spacial score (nSPS) is 18.5. The van der Waals surface area contributed by atoms with Gasteiger partial charge in [-0.3, -0.25) is 4.79 Å². The summed E-state index contributed by atoms with van der Waals surface area (Å²) in [4.78, 5) is 18.9. The standard InChI is InChI=1S/C16H19BrN4O2.ClH/c1-10(18-2)8-14-19-15(23-20-14)13-6-7-21(16(13)22)12-5-3-4-11(17)9-12;/h3-5,9-10,13,18H,6-8H2,1-2H3;1H. The van der Waals surface area contributed by atoms with E-state index in [2.05, 4.69) is 31.4 Å². The van der Waals surface area contributed by atoms with Crippen LogP contribution in [0.15, 0.2) is 33.3 Å². The Labute approximate surface area is 155 Å². The number of benzene rings is 1. The number of amides is 1. The molecule has 2 heterocycles. The summed E-state index contributed by atoms with van der Waals surface area (Å²) < 4.78 is 6.28. The highest BCUT2D eigenvalue weighted by Crippen LogP contribution is 2.32. The molecule has 1 aliphatic heterocycles. The van der Waals surface area contributed by atoms with Crippen LogP contribution >= 0.6 is 28.3 Å². The van der Waals surface area contributed by atoms with E-state index in [1.54, 1.807) is 4.90 Å². The Bertz CT molecular complexity index is 709. The summed E-state index contributed by atoms with van der Waals surface area (Å²) in [7, 11) is 1.89. The second-order valence-corrected chi connectivity index (χ2v) is 6.67. The van der Waals surface area contributed by atoms with Crippen LogP contribution in [0.1, 0.15) is 31.0 Å². The molecule has 1 saturated heterocycles. The first kappa shape index (κ1) is 18.9. The topological polar surface area (TPSA) is 71.3 Å². The zero-order chi connectivity index (χ0) is 16.4. The molecule has 6 nitrogen and oxygen atoms in total. The Morgan fingerprint density at radius 1 is 1.50 bits per heavy atom. The highest BCUT2D eigenvalue weighted by molar-refractivity contribution is 9.10. The fraction of sp³-hybridized carbons (Fsp3) is 0.438. The molecule has 1 aliphatic rings. The minimum Gasteiger partial charge on any atom is -0.338 e. The second-order valence-electron chi connectivity index (χ2n) is 5.75. The molecule has 1 amide bonds. The van der Waals surface area contributed by atoms with E-state index in [-0.39, 0.29) is 30.3 Å². The lowest BCUT2D eigenvalue weighted by Gasteiger charge is -2.16. The molecule has 8 heteroatoms. The van der Waals surface area contributed by atoms with Crippen molar-refractivity contribution in [2.45, 2.75) is 31.7 Å². The molecular formula is C16H20BrClN4O2. The van der Waals surface area contributed by atoms with Gasteiger partial charge in [0.1, 0.15) is 5.92 Å². The molecule has 0 saturated carbocycles. The van der Waals surface area contributed by atoms with Crippen molar-refractivity contribution < 1.29 is 9.32 Å². The van der Waals surface area contributed by atoms with Gasteiger partial charge in [0.05, 0.1) is 0 Å². The zero-order valence-corrected chi connectivity index (χ0v) is 15.9. The van der Waals surface area contributed by atoms with Gasteiger partial charge in [0, 0.05) is 29.2 Å². The smallest absolute Gasteiger partial charge is 0.239 e. The summed E-state index contributed by atoms with van der Waals surface area (Å²) in [6.45, 7) is 2.70. The number of anilines is 1. The number of nitrogens with zero attached hydrogens (tertiary/aromatic N) is 3. The van der Waals surface area contributed by atoms with Crippen LogP contribution < -0.4 is 10.2 Å². The average Bonchev–Trinajstić information content (AvgIpc) is 3.13. The van der Waals surface area contributed by atoms with Crippen LogP contribution in [-0.2, 0) is 11.2 Å². The predicted molar refractivity (Wildman–Crippen MR) is 97.6 cm³/mol. The monoisotopic (exact) mass is 414 g/mol. The lowest BCUT2D eigenvalue weighted by molar-refractivity contribution is -0.118. The maximum atomic E-state index is 12.7.